The molecule has 2 rings (SSSR count). The fourth-order valence-electron chi connectivity index (χ4n) is 1.91. The normalized spacial score (nSPS) is 10.9. The number of hydrogen-bond donors (Lipinski definition) is 1. The summed E-state index contributed by atoms with van der Waals surface area (Å²) in [6.45, 7) is 8.07. The Balaban J connectivity index is 1.89. The van der Waals surface area contributed by atoms with Crippen molar-refractivity contribution >= 4 is 0 Å². The first-order valence-electron chi connectivity index (χ1n) is 7.33. The van der Waals surface area contributed by atoms with Crippen LogP contribution in [0.5, 0.6) is 11.5 Å². The van der Waals surface area contributed by atoms with Gasteiger partial charge in [-0.1, -0.05) is 13.8 Å². The molecule has 1 aromatic heterocycles. The molecular weight excluding hydrogens is 266 g/mol. The van der Waals surface area contributed by atoms with Crippen molar-refractivity contribution in [3.8, 4) is 11.5 Å². The number of nitrogens with one attached hydrogen (secondary N) is 1. The molecule has 1 N–H and O–H groups in total. The summed E-state index contributed by atoms with van der Waals surface area (Å²) >= 11 is 0. The van der Waals surface area contributed by atoms with Gasteiger partial charge in [0.1, 0.15) is 23.9 Å². The maximum atomic E-state index is 5.79. The van der Waals surface area contributed by atoms with Crippen LogP contribution in [0.2, 0.25) is 0 Å². The SMILES string of the molecule is CCOc1ccc(OCc2ccoc2CNC(C)C)cc1. The first-order chi connectivity index (χ1) is 10.2. The minimum atomic E-state index is 0.426. The van der Waals surface area contributed by atoms with Gasteiger partial charge in [-0.05, 0) is 37.3 Å². The zero-order chi connectivity index (χ0) is 15.1. The summed E-state index contributed by atoms with van der Waals surface area (Å²) < 4.78 is 16.7. The highest BCUT2D eigenvalue weighted by Crippen LogP contribution is 2.20. The molecule has 1 aromatic carbocycles. The second kappa shape index (κ2) is 7.74. The molecule has 0 spiro atoms. The summed E-state index contributed by atoms with van der Waals surface area (Å²) in [4.78, 5) is 0. The van der Waals surface area contributed by atoms with Crippen LogP contribution in [-0.2, 0) is 13.2 Å². The Morgan fingerprint density at radius 1 is 1.05 bits per heavy atom. The van der Waals surface area contributed by atoms with Crippen molar-refractivity contribution < 1.29 is 13.9 Å². The van der Waals surface area contributed by atoms with Crippen molar-refractivity contribution in [1.82, 2.24) is 5.32 Å². The van der Waals surface area contributed by atoms with Crippen LogP contribution in [0.25, 0.3) is 0 Å². The second-order valence-electron chi connectivity index (χ2n) is 5.10. The van der Waals surface area contributed by atoms with Crippen LogP contribution in [0.4, 0.5) is 0 Å². The van der Waals surface area contributed by atoms with Gasteiger partial charge in [0.25, 0.3) is 0 Å². The molecule has 0 fully saturated rings. The first kappa shape index (κ1) is 15.4. The fraction of sp³-hybridized carbons (Fsp3) is 0.412. The highest BCUT2D eigenvalue weighted by molar-refractivity contribution is 5.31. The molecule has 0 radical (unpaired) electrons. The molecule has 114 valence electrons. The number of furan rings is 1. The van der Waals surface area contributed by atoms with E-state index < -0.39 is 0 Å². The maximum absolute atomic E-state index is 5.79. The Morgan fingerprint density at radius 2 is 1.71 bits per heavy atom. The second-order valence-corrected chi connectivity index (χ2v) is 5.10. The molecule has 0 bridgehead atoms. The van der Waals surface area contributed by atoms with E-state index in [1.54, 1.807) is 6.26 Å². The third-order valence-corrected chi connectivity index (χ3v) is 3.04. The van der Waals surface area contributed by atoms with Crippen molar-refractivity contribution in [2.75, 3.05) is 6.61 Å². The highest BCUT2D eigenvalue weighted by Gasteiger charge is 2.07. The summed E-state index contributed by atoms with van der Waals surface area (Å²) in [5.74, 6) is 2.60. The fourth-order valence-corrected chi connectivity index (χ4v) is 1.91. The molecule has 1 heterocycles. The summed E-state index contributed by atoms with van der Waals surface area (Å²) in [5, 5.41) is 3.34. The van der Waals surface area contributed by atoms with Crippen molar-refractivity contribution in [3.05, 3.63) is 47.9 Å². The molecule has 4 heteroatoms. The van der Waals surface area contributed by atoms with Gasteiger partial charge < -0.3 is 19.2 Å². The smallest absolute Gasteiger partial charge is 0.124 e. The number of ether oxygens (including phenoxy) is 2. The number of hydrogen-bond acceptors (Lipinski definition) is 4. The molecule has 0 unspecified atom stereocenters. The van der Waals surface area contributed by atoms with Crippen LogP contribution in [-0.4, -0.2) is 12.6 Å². The molecule has 0 aliphatic rings. The Labute approximate surface area is 126 Å². The average molecular weight is 289 g/mol. The Morgan fingerprint density at radius 3 is 2.33 bits per heavy atom. The van der Waals surface area contributed by atoms with Gasteiger partial charge in [0.2, 0.25) is 0 Å². The van der Waals surface area contributed by atoms with E-state index in [9.17, 15) is 0 Å². The van der Waals surface area contributed by atoms with Gasteiger partial charge in [-0.15, -0.1) is 0 Å². The molecule has 0 aliphatic heterocycles. The summed E-state index contributed by atoms with van der Waals surface area (Å²) in [6, 6.07) is 10.0. The largest absolute Gasteiger partial charge is 0.494 e. The minimum absolute atomic E-state index is 0.426. The van der Waals surface area contributed by atoms with Crippen LogP contribution in [0, 0.1) is 0 Å². The number of rotatable bonds is 8. The molecule has 0 amide bonds. The van der Waals surface area contributed by atoms with E-state index in [1.807, 2.05) is 37.3 Å². The topological polar surface area (TPSA) is 43.6 Å². The van der Waals surface area contributed by atoms with E-state index in [1.165, 1.54) is 0 Å². The lowest BCUT2D eigenvalue weighted by Gasteiger charge is -2.09. The molecular formula is C17H23NO3. The van der Waals surface area contributed by atoms with Crippen LogP contribution >= 0.6 is 0 Å². The van der Waals surface area contributed by atoms with E-state index in [0.29, 0.717) is 25.8 Å². The van der Waals surface area contributed by atoms with Crippen LogP contribution in [0.1, 0.15) is 32.1 Å². The molecule has 4 nitrogen and oxygen atoms in total. The zero-order valence-corrected chi connectivity index (χ0v) is 12.9. The third kappa shape index (κ3) is 4.83. The molecule has 0 saturated heterocycles. The van der Waals surface area contributed by atoms with Gasteiger partial charge in [-0.3, -0.25) is 0 Å². The third-order valence-electron chi connectivity index (χ3n) is 3.04. The van der Waals surface area contributed by atoms with Crippen molar-refractivity contribution in [2.45, 2.75) is 40.0 Å². The van der Waals surface area contributed by atoms with E-state index in [4.69, 9.17) is 13.9 Å². The number of benzene rings is 1. The lowest BCUT2D eigenvalue weighted by Crippen LogP contribution is -2.22. The highest BCUT2D eigenvalue weighted by atomic mass is 16.5. The van der Waals surface area contributed by atoms with E-state index >= 15 is 0 Å². The van der Waals surface area contributed by atoms with E-state index in [0.717, 1.165) is 22.8 Å². The summed E-state index contributed by atoms with van der Waals surface area (Å²) in [7, 11) is 0. The monoisotopic (exact) mass is 289 g/mol. The quantitative estimate of drug-likeness (QED) is 0.803. The van der Waals surface area contributed by atoms with E-state index in [-0.39, 0.29) is 0 Å². The van der Waals surface area contributed by atoms with Crippen LogP contribution in [0.3, 0.4) is 0 Å². The van der Waals surface area contributed by atoms with Crippen molar-refractivity contribution in [3.63, 3.8) is 0 Å². The molecule has 0 atom stereocenters. The van der Waals surface area contributed by atoms with Gasteiger partial charge >= 0.3 is 0 Å². The van der Waals surface area contributed by atoms with Crippen LogP contribution < -0.4 is 14.8 Å². The average Bonchev–Trinajstić information content (AvgIpc) is 2.92. The summed E-state index contributed by atoms with van der Waals surface area (Å²) in [6.07, 6.45) is 1.70. The predicted molar refractivity (Wildman–Crippen MR) is 82.6 cm³/mol. The summed E-state index contributed by atoms with van der Waals surface area (Å²) in [5.41, 5.74) is 1.07. The predicted octanol–water partition coefficient (Wildman–Crippen LogP) is 3.76. The van der Waals surface area contributed by atoms with Crippen LogP contribution in [0.15, 0.2) is 41.0 Å². The Bertz CT molecular complexity index is 531. The maximum Gasteiger partial charge on any atom is 0.124 e. The van der Waals surface area contributed by atoms with Crippen molar-refractivity contribution in [2.24, 2.45) is 0 Å². The van der Waals surface area contributed by atoms with Gasteiger partial charge in [0.15, 0.2) is 0 Å². The minimum Gasteiger partial charge on any atom is -0.494 e. The lowest BCUT2D eigenvalue weighted by atomic mass is 10.2. The van der Waals surface area contributed by atoms with Gasteiger partial charge in [-0.25, -0.2) is 0 Å². The standard InChI is InChI=1S/C17H23NO3/c1-4-19-15-5-7-16(8-6-15)21-12-14-9-10-20-17(14)11-18-13(2)3/h5-10,13,18H,4,11-12H2,1-3H3. The van der Waals surface area contributed by atoms with Gasteiger partial charge in [-0.2, -0.15) is 0 Å². The lowest BCUT2D eigenvalue weighted by molar-refractivity contribution is 0.299. The Kier molecular flexibility index (Phi) is 5.69. The Hall–Kier alpha value is -1.94. The van der Waals surface area contributed by atoms with Gasteiger partial charge in [0.05, 0.1) is 19.4 Å². The van der Waals surface area contributed by atoms with Crippen molar-refractivity contribution in [1.29, 1.82) is 0 Å². The van der Waals surface area contributed by atoms with Gasteiger partial charge in [0, 0.05) is 11.6 Å². The molecule has 21 heavy (non-hydrogen) atoms. The van der Waals surface area contributed by atoms with E-state index in [2.05, 4.69) is 19.2 Å². The first-order valence-corrected chi connectivity index (χ1v) is 7.33. The molecule has 0 saturated carbocycles. The molecule has 2 aromatic rings. The molecule has 0 aliphatic carbocycles. The zero-order valence-electron chi connectivity index (χ0n) is 12.9.